The largest absolute Gasteiger partial charge is 0.307 e. The summed E-state index contributed by atoms with van der Waals surface area (Å²) in [6.07, 6.45) is 2.11. The van der Waals surface area contributed by atoms with Crippen LogP contribution in [0.15, 0.2) is 0 Å². The van der Waals surface area contributed by atoms with Gasteiger partial charge in [-0.15, -0.1) is 0 Å². The number of hydrogen-bond donors (Lipinski definition) is 1. The summed E-state index contributed by atoms with van der Waals surface area (Å²) in [5.41, 5.74) is 0.182. The van der Waals surface area contributed by atoms with Gasteiger partial charge in [0, 0.05) is 0 Å². The van der Waals surface area contributed by atoms with Gasteiger partial charge in [0.25, 0.3) is 0 Å². The number of nitrogens with one attached hydrogen (secondary N) is 1. The summed E-state index contributed by atoms with van der Waals surface area (Å²) in [5, 5.41) is 3.13. The minimum Gasteiger partial charge on any atom is -0.307 e. The van der Waals surface area contributed by atoms with Crippen molar-refractivity contribution < 1.29 is 4.79 Å². The highest BCUT2D eigenvalue weighted by atomic mass is 16.1. The molecule has 0 spiro atoms. The van der Waals surface area contributed by atoms with Crippen molar-refractivity contribution in [3.05, 3.63) is 0 Å². The van der Waals surface area contributed by atoms with Crippen LogP contribution >= 0.6 is 0 Å². The van der Waals surface area contributed by atoms with Gasteiger partial charge in [-0.25, -0.2) is 0 Å². The van der Waals surface area contributed by atoms with Gasteiger partial charge in [0.05, 0.1) is 6.04 Å². The molecule has 1 heterocycles. The van der Waals surface area contributed by atoms with Gasteiger partial charge in [0.1, 0.15) is 6.29 Å². The molecule has 1 saturated heterocycles. The molecule has 2 nitrogen and oxygen atoms in total. The van der Waals surface area contributed by atoms with Crippen molar-refractivity contribution in [1.29, 1.82) is 0 Å². The lowest BCUT2D eigenvalue weighted by atomic mass is 9.86. The topological polar surface area (TPSA) is 29.1 Å². The molecule has 0 saturated carbocycles. The maximum absolute atomic E-state index is 10.4. The average Bonchev–Trinajstić information content (AvgIpc) is 2.08. The third-order valence-electron chi connectivity index (χ3n) is 2.11. The fraction of sp³-hybridized carbons (Fsp3) is 0.857. The van der Waals surface area contributed by atoms with Crippen molar-refractivity contribution in [2.75, 3.05) is 6.54 Å². The molecule has 9 heavy (non-hydrogen) atoms. The number of hydrogen-bond acceptors (Lipinski definition) is 2. The molecular formula is C7H13NO. The molecule has 52 valence electrons. The zero-order chi connectivity index (χ0) is 6.91. The van der Waals surface area contributed by atoms with Crippen LogP contribution in [0.5, 0.6) is 0 Å². The van der Waals surface area contributed by atoms with Gasteiger partial charge in [-0.1, -0.05) is 13.8 Å². The molecule has 1 unspecified atom stereocenters. The second-order valence-corrected chi connectivity index (χ2v) is 3.31. The van der Waals surface area contributed by atoms with Gasteiger partial charge >= 0.3 is 0 Å². The quantitative estimate of drug-likeness (QED) is 0.522. The Balaban J connectivity index is 2.62. The van der Waals surface area contributed by atoms with Gasteiger partial charge in [-0.05, 0) is 18.4 Å². The third-order valence-corrected chi connectivity index (χ3v) is 2.11. The van der Waals surface area contributed by atoms with Crippen molar-refractivity contribution in [3.63, 3.8) is 0 Å². The Labute approximate surface area is 55.6 Å². The first-order valence-corrected chi connectivity index (χ1v) is 3.35. The molecule has 0 aromatic rings. The first kappa shape index (κ1) is 6.75. The van der Waals surface area contributed by atoms with E-state index in [2.05, 4.69) is 19.2 Å². The minimum absolute atomic E-state index is 0.0810. The van der Waals surface area contributed by atoms with Crippen LogP contribution in [0, 0.1) is 5.41 Å². The zero-order valence-electron chi connectivity index (χ0n) is 5.98. The van der Waals surface area contributed by atoms with E-state index in [1.807, 2.05) is 0 Å². The molecule has 0 aromatic carbocycles. The summed E-state index contributed by atoms with van der Waals surface area (Å²) >= 11 is 0. The normalized spacial score (nSPS) is 32.4. The molecule has 1 N–H and O–H groups in total. The Hall–Kier alpha value is -0.370. The molecule has 1 atom stereocenters. The molecule has 1 aliphatic rings. The van der Waals surface area contributed by atoms with Gasteiger partial charge in [-0.3, -0.25) is 0 Å². The summed E-state index contributed by atoms with van der Waals surface area (Å²) < 4.78 is 0. The maximum atomic E-state index is 10.4. The van der Waals surface area contributed by atoms with Crippen molar-refractivity contribution in [1.82, 2.24) is 5.32 Å². The molecule has 0 aliphatic carbocycles. The number of carbonyl (C=O) groups is 1. The molecule has 1 aliphatic heterocycles. The van der Waals surface area contributed by atoms with E-state index >= 15 is 0 Å². The lowest BCUT2D eigenvalue weighted by Gasteiger charge is -2.20. The summed E-state index contributed by atoms with van der Waals surface area (Å²) in [4.78, 5) is 10.4. The fourth-order valence-corrected chi connectivity index (χ4v) is 1.21. The van der Waals surface area contributed by atoms with Gasteiger partial charge < -0.3 is 10.1 Å². The number of aldehydes is 1. The van der Waals surface area contributed by atoms with Gasteiger partial charge in [-0.2, -0.15) is 0 Å². The van der Waals surface area contributed by atoms with E-state index in [4.69, 9.17) is 0 Å². The SMILES string of the molecule is CC1(C)CCNC1C=O. The first-order valence-electron chi connectivity index (χ1n) is 3.35. The number of carbonyl (C=O) groups excluding carboxylic acids is 1. The summed E-state index contributed by atoms with van der Waals surface area (Å²) in [6.45, 7) is 5.22. The molecule has 0 aromatic heterocycles. The zero-order valence-corrected chi connectivity index (χ0v) is 5.98. The Morgan fingerprint density at radius 3 is 2.56 bits per heavy atom. The van der Waals surface area contributed by atoms with Crippen LogP contribution in [-0.2, 0) is 4.79 Å². The van der Waals surface area contributed by atoms with Gasteiger partial charge in [0.2, 0.25) is 0 Å². The van der Waals surface area contributed by atoms with Gasteiger partial charge in [0.15, 0.2) is 0 Å². The molecule has 2 heteroatoms. The second-order valence-electron chi connectivity index (χ2n) is 3.31. The van der Waals surface area contributed by atoms with Crippen LogP contribution < -0.4 is 5.32 Å². The highest BCUT2D eigenvalue weighted by molar-refractivity contribution is 5.59. The predicted octanol–water partition coefficient (Wildman–Crippen LogP) is 0.573. The first-order chi connectivity index (χ1) is 4.17. The maximum Gasteiger partial charge on any atom is 0.137 e. The lowest BCUT2D eigenvalue weighted by molar-refractivity contribution is -0.110. The van der Waals surface area contributed by atoms with Crippen molar-refractivity contribution >= 4 is 6.29 Å². The van der Waals surface area contributed by atoms with Crippen LogP contribution in [0.25, 0.3) is 0 Å². The molecule has 0 bridgehead atoms. The Morgan fingerprint density at radius 1 is 1.67 bits per heavy atom. The molecule has 0 radical (unpaired) electrons. The van der Waals surface area contributed by atoms with E-state index < -0.39 is 0 Å². The monoisotopic (exact) mass is 127 g/mol. The van der Waals surface area contributed by atoms with Crippen molar-refractivity contribution in [2.24, 2.45) is 5.41 Å². The Morgan fingerprint density at radius 2 is 2.33 bits per heavy atom. The van der Waals surface area contributed by atoms with E-state index in [1.165, 1.54) is 0 Å². The molecule has 0 amide bonds. The van der Waals surface area contributed by atoms with Crippen molar-refractivity contribution in [3.8, 4) is 0 Å². The number of rotatable bonds is 1. The summed E-state index contributed by atoms with van der Waals surface area (Å²) in [6, 6.07) is 0.0810. The van der Waals surface area contributed by atoms with E-state index in [1.54, 1.807) is 0 Å². The fourth-order valence-electron chi connectivity index (χ4n) is 1.21. The third kappa shape index (κ3) is 1.13. The highest BCUT2D eigenvalue weighted by Crippen LogP contribution is 2.27. The van der Waals surface area contributed by atoms with Crippen LogP contribution in [0.4, 0.5) is 0 Å². The molecular weight excluding hydrogens is 114 g/mol. The minimum atomic E-state index is 0.0810. The van der Waals surface area contributed by atoms with E-state index in [0.717, 1.165) is 19.3 Å². The smallest absolute Gasteiger partial charge is 0.137 e. The van der Waals surface area contributed by atoms with Crippen LogP contribution in [0.1, 0.15) is 20.3 Å². The van der Waals surface area contributed by atoms with Crippen LogP contribution in [-0.4, -0.2) is 18.9 Å². The summed E-state index contributed by atoms with van der Waals surface area (Å²) in [7, 11) is 0. The standard InChI is InChI=1S/C7H13NO/c1-7(2)3-4-8-6(7)5-9/h5-6,8H,3-4H2,1-2H3. The van der Waals surface area contributed by atoms with E-state index in [9.17, 15) is 4.79 Å². The Kier molecular flexibility index (Phi) is 1.58. The predicted molar refractivity (Wildman–Crippen MR) is 36.3 cm³/mol. The summed E-state index contributed by atoms with van der Waals surface area (Å²) in [5.74, 6) is 0. The Bertz CT molecular complexity index is 120. The molecule has 1 rings (SSSR count). The van der Waals surface area contributed by atoms with E-state index in [-0.39, 0.29) is 11.5 Å². The molecule has 1 fully saturated rings. The van der Waals surface area contributed by atoms with Crippen LogP contribution in [0.3, 0.4) is 0 Å². The average molecular weight is 127 g/mol. The van der Waals surface area contributed by atoms with Crippen LogP contribution in [0.2, 0.25) is 0 Å². The highest BCUT2D eigenvalue weighted by Gasteiger charge is 2.33. The van der Waals surface area contributed by atoms with Crippen molar-refractivity contribution in [2.45, 2.75) is 26.3 Å². The second kappa shape index (κ2) is 2.10. The lowest BCUT2D eigenvalue weighted by Crippen LogP contribution is -2.33. The van der Waals surface area contributed by atoms with E-state index in [0.29, 0.717) is 0 Å².